The highest BCUT2D eigenvalue weighted by Crippen LogP contribution is 2.25. The summed E-state index contributed by atoms with van der Waals surface area (Å²) >= 11 is 0. The van der Waals surface area contributed by atoms with Crippen molar-refractivity contribution in [1.29, 1.82) is 0 Å². The second kappa shape index (κ2) is 7.86. The van der Waals surface area contributed by atoms with Gasteiger partial charge in [-0.15, -0.1) is 12.4 Å². The molecule has 1 aromatic rings. The minimum absolute atomic E-state index is 0. The number of carbonyl (C=O) groups is 1. The Kier molecular flexibility index (Phi) is 6.30. The molecule has 7 nitrogen and oxygen atoms in total. The molecule has 2 fully saturated rings. The number of piperidine rings is 1. The van der Waals surface area contributed by atoms with E-state index >= 15 is 0 Å². The average molecular weight is 379 g/mol. The van der Waals surface area contributed by atoms with Gasteiger partial charge in [-0.3, -0.25) is 9.69 Å². The average Bonchev–Trinajstić information content (AvgIpc) is 3.19. The zero-order chi connectivity index (χ0) is 16.4. The maximum absolute atomic E-state index is 12.4. The van der Waals surface area contributed by atoms with Gasteiger partial charge < -0.3 is 9.52 Å². The van der Waals surface area contributed by atoms with Crippen molar-refractivity contribution in [2.24, 2.45) is 0 Å². The van der Waals surface area contributed by atoms with E-state index < -0.39 is 22.0 Å². The first kappa shape index (κ1) is 19.2. The number of sulfonamides is 1. The predicted molar refractivity (Wildman–Crippen MR) is 89.6 cm³/mol. The first-order valence-electron chi connectivity index (χ1n) is 8.04. The largest absolute Gasteiger partial charge is 0.480 e. The van der Waals surface area contributed by atoms with Crippen LogP contribution in [0.25, 0.3) is 0 Å². The normalized spacial score (nSPS) is 23.1. The molecule has 0 amide bonds. The van der Waals surface area contributed by atoms with Crippen molar-refractivity contribution < 1.29 is 22.7 Å². The second-order valence-corrected chi connectivity index (χ2v) is 8.02. The van der Waals surface area contributed by atoms with Crippen LogP contribution in [0.4, 0.5) is 0 Å². The third-order valence-corrected chi connectivity index (χ3v) is 6.33. The Morgan fingerprint density at radius 2 is 1.83 bits per heavy atom. The standard InChI is InChI=1S/C15H22N2O5S.ClH/c18-15(19)13-5-1-2-8-16(13)11-12-6-7-14(22-12)23(20,21)17-9-3-4-10-17;/h6-7,13H,1-5,8-11H2,(H,18,19);1H. The molecule has 24 heavy (non-hydrogen) atoms. The first-order valence-corrected chi connectivity index (χ1v) is 9.48. The summed E-state index contributed by atoms with van der Waals surface area (Å²) in [7, 11) is -3.56. The van der Waals surface area contributed by atoms with E-state index in [4.69, 9.17) is 4.42 Å². The number of hydrogen-bond donors (Lipinski definition) is 1. The first-order chi connectivity index (χ1) is 11.0. The fourth-order valence-electron chi connectivity index (χ4n) is 3.30. The van der Waals surface area contributed by atoms with Gasteiger partial charge in [-0.2, -0.15) is 4.31 Å². The molecule has 0 saturated carbocycles. The minimum Gasteiger partial charge on any atom is -0.480 e. The van der Waals surface area contributed by atoms with E-state index in [1.165, 1.54) is 10.4 Å². The maximum atomic E-state index is 12.4. The monoisotopic (exact) mass is 378 g/mol. The summed E-state index contributed by atoms with van der Waals surface area (Å²) in [4.78, 5) is 13.2. The molecule has 2 aliphatic rings. The molecule has 9 heteroatoms. The fraction of sp³-hybridized carbons (Fsp3) is 0.667. The van der Waals surface area contributed by atoms with Gasteiger partial charge in [0.15, 0.2) is 0 Å². The molecule has 0 bridgehead atoms. The number of carboxylic acids is 1. The van der Waals surface area contributed by atoms with Crippen LogP contribution < -0.4 is 0 Å². The predicted octanol–water partition coefficient (Wildman–Crippen LogP) is 1.93. The van der Waals surface area contributed by atoms with Gasteiger partial charge in [0.2, 0.25) is 5.09 Å². The van der Waals surface area contributed by atoms with Crippen LogP contribution >= 0.6 is 12.4 Å². The van der Waals surface area contributed by atoms with E-state index in [-0.39, 0.29) is 17.5 Å². The molecule has 0 spiro atoms. The molecule has 3 heterocycles. The molecular weight excluding hydrogens is 356 g/mol. The summed E-state index contributed by atoms with van der Waals surface area (Å²) in [5.41, 5.74) is 0. The molecule has 1 unspecified atom stereocenters. The summed E-state index contributed by atoms with van der Waals surface area (Å²) in [6.45, 7) is 2.08. The number of rotatable bonds is 5. The van der Waals surface area contributed by atoms with Crippen LogP contribution in [0.2, 0.25) is 0 Å². The number of nitrogens with zero attached hydrogens (tertiary/aromatic N) is 2. The van der Waals surface area contributed by atoms with Gasteiger partial charge in [-0.1, -0.05) is 6.42 Å². The van der Waals surface area contributed by atoms with Crippen LogP contribution in [0.5, 0.6) is 0 Å². The summed E-state index contributed by atoms with van der Waals surface area (Å²) in [5, 5.41) is 9.25. The molecule has 3 rings (SSSR count). The van der Waals surface area contributed by atoms with Gasteiger partial charge in [-0.25, -0.2) is 8.42 Å². The lowest BCUT2D eigenvalue weighted by Crippen LogP contribution is -2.43. The van der Waals surface area contributed by atoms with Gasteiger partial charge >= 0.3 is 5.97 Å². The van der Waals surface area contributed by atoms with Gasteiger partial charge in [-0.05, 0) is 44.4 Å². The molecule has 0 aliphatic carbocycles. The summed E-state index contributed by atoms with van der Waals surface area (Å²) in [6, 6.07) is 2.59. The van der Waals surface area contributed by atoms with Crippen molar-refractivity contribution in [3.63, 3.8) is 0 Å². The van der Waals surface area contributed by atoms with Crippen molar-refractivity contribution in [3.8, 4) is 0 Å². The third-order valence-electron chi connectivity index (χ3n) is 4.55. The van der Waals surface area contributed by atoms with E-state index in [0.29, 0.717) is 38.4 Å². The molecule has 136 valence electrons. The topological polar surface area (TPSA) is 91.1 Å². The van der Waals surface area contributed by atoms with Gasteiger partial charge in [0.1, 0.15) is 11.8 Å². The molecule has 0 aromatic carbocycles. The Morgan fingerprint density at radius 1 is 1.17 bits per heavy atom. The summed E-state index contributed by atoms with van der Waals surface area (Å²) in [6.07, 6.45) is 4.22. The van der Waals surface area contributed by atoms with E-state index in [0.717, 1.165) is 25.7 Å². The van der Waals surface area contributed by atoms with E-state index in [9.17, 15) is 18.3 Å². The van der Waals surface area contributed by atoms with Gasteiger partial charge in [0, 0.05) is 13.1 Å². The smallest absolute Gasteiger partial charge is 0.320 e. The Bertz CT molecular complexity index is 669. The Balaban J connectivity index is 0.00000208. The van der Waals surface area contributed by atoms with Crippen LogP contribution in [0, 0.1) is 0 Å². The number of halogens is 1. The number of furan rings is 1. The maximum Gasteiger partial charge on any atom is 0.320 e. The molecule has 1 aromatic heterocycles. The minimum atomic E-state index is -3.56. The highest BCUT2D eigenvalue weighted by atomic mass is 35.5. The van der Waals surface area contributed by atoms with Crippen molar-refractivity contribution in [3.05, 3.63) is 17.9 Å². The van der Waals surface area contributed by atoms with Crippen LogP contribution in [-0.2, 0) is 21.4 Å². The zero-order valence-corrected chi connectivity index (χ0v) is 15.0. The Hall–Kier alpha value is -1.09. The Labute approximate surface area is 148 Å². The Morgan fingerprint density at radius 3 is 2.50 bits per heavy atom. The highest BCUT2D eigenvalue weighted by Gasteiger charge is 2.32. The van der Waals surface area contributed by atoms with Crippen LogP contribution in [0.3, 0.4) is 0 Å². The third kappa shape index (κ3) is 3.93. The second-order valence-electron chi connectivity index (χ2n) is 6.15. The molecule has 1 N–H and O–H groups in total. The van der Waals surface area contributed by atoms with Crippen molar-refractivity contribution in [2.45, 2.75) is 49.8 Å². The van der Waals surface area contributed by atoms with Crippen LogP contribution in [0.15, 0.2) is 21.6 Å². The van der Waals surface area contributed by atoms with Crippen molar-refractivity contribution >= 4 is 28.4 Å². The quantitative estimate of drug-likeness (QED) is 0.841. The van der Waals surface area contributed by atoms with Crippen LogP contribution in [0.1, 0.15) is 37.9 Å². The lowest BCUT2D eigenvalue weighted by Gasteiger charge is -2.31. The lowest BCUT2D eigenvalue weighted by atomic mass is 10.0. The van der Waals surface area contributed by atoms with E-state index in [2.05, 4.69) is 0 Å². The van der Waals surface area contributed by atoms with Gasteiger partial charge in [0.05, 0.1) is 6.54 Å². The molecule has 2 saturated heterocycles. The van der Waals surface area contributed by atoms with Crippen molar-refractivity contribution in [1.82, 2.24) is 9.21 Å². The number of aliphatic carboxylic acids is 1. The SMILES string of the molecule is Cl.O=C(O)C1CCCCN1Cc1ccc(S(=O)(=O)N2CCCC2)o1. The number of likely N-dealkylation sites (tertiary alicyclic amines) is 1. The summed E-state index contributed by atoms with van der Waals surface area (Å²) < 4.78 is 31.8. The molecular formula is C15H23ClN2O5S. The fourth-order valence-corrected chi connectivity index (χ4v) is 4.74. The number of carboxylic acid groups (broad SMARTS) is 1. The highest BCUT2D eigenvalue weighted by molar-refractivity contribution is 7.89. The van der Waals surface area contributed by atoms with E-state index in [1.54, 1.807) is 6.07 Å². The summed E-state index contributed by atoms with van der Waals surface area (Å²) in [5.74, 6) is -0.336. The van der Waals surface area contributed by atoms with Crippen LogP contribution in [-0.4, -0.2) is 54.4 Å². The number of hydrogen-bond acceptors (Lipinski definition) is 5. The van der Waals surface area contributed by atoms with E-state index in [1.807, 2.05) is 4.90 Å². The molecule has 0 radical (unpaired) electrons. The molecule has 1 atom stereocenters. The van der Waals surface area contributed by atoms with Crippen molar-refractivity contribution in [2.75, 3.05) is 19.6 Å². The zero-order valence-electron chi connectivity index (χ0n) is 13.4. The van der Waals surface area contributed by atoms with Gasteiger partial charge in [0.25, 0.3) is 10.0 Å². The lowest BCUT2D eigenvalue weighted by molar-refractivity contribution is -0.145. The molecule has 2 aliphatic heterocycles.